The molecule has 1 N–H and O–H groups in total. The van der Waals surface area contributed by atoms with Gasteiger partial charge in [0.15, 0.2) is 0 Å². The molecule has 3 rings (SSSR count). The van der Waals surface area contributed by atoms with Crippen molar-refractivity contribution in [3.8, 4) is 0 Å². The second kappa shape index (κ2) is 7.35. The number of carbonyl (C=O) groups excluding carboxylic acids is 1. The van der Waals surface area contributed by atoms with Crippen LogP contribution in [0.4, 0.5) is 0 Å². The summed E-state index contributed by atoms with van der Waals surface area (Å²) in [5, 5.41) is 10.6. The minimum absolute atomic E-state index is 0.00157. The molecule has 1 amide bonds. The number of aromatic nitrogens is 3. The SMILES string of the molecule is CC(C)c1ccc(C(=O)N2CCCC(C(O)c3nccn3C)C2)cn1. The second-order valence-electron chi connectivity index (χ2n) is 7.12. The predicted octanol–water partition coefficient (Wildman–Crippen LogP) is 2.52. The molecule has 6 nitrogen and oxygen atoms in total. The van der Waals surface area contributed by atoms with Crippen LogP contribution in [0.1, 0.15) is 60.6 Å². The van der Waals surface area contributed by atoms with Crippen LogP contribution in [0, 0.1) is 5.92 Å². The molecule has 134 valence electrons. The summed E-state index contributed by atoms with van der Waals surface area (Å²) in [4.78, 5) is 23.2. The quantitative estimate of drug-likeness (QED) is 0.927. The molecule has 1 fully saturated rings. The third-order valence-electron chi connectivity index (χ3n) is 4.94. The van der Waals surface area contributed by atoms with Crippen LogP contribution in [-0.4, -0.2) is 43.5 Å². The fourth-order valence-corrected chi connectivity index (χ4v) is 3.38. The van der Waals surface area contributed by atoms with Gasteiger partial charge in [-0.2, -0.15) is 0 Å². The summed E-state index contributed by atoms with van der Waals surface area (Å²) in [6, 6.07) is 3.77. The summed E-state index contributed by atoms with van der Waals surface area (Å²) in [7, 11) is 1.87. The Morgan fingerprint density at radius 1 is 1.32 bits per heavy atom. The molecule has 0 bridgehead atoms. The monoisotopic (exact) mass is 342 g/mol. The Bertz CT molecular complexity index is 723. The maximum absolute atomic E-state index is 12.8. The van der Waals surface area contributed by atoms with Crippen molar-refractivity contribution < 1.29 is 9.90 Å². The fraction of sp³-hybridized carbons (Fsp3) is 0.526. The first kappa shape index (κ1) is 17.6. The molecular weight excluding hydrogens is 316 g/mol. The summed E-state index contributed by atoms with van der Waals surface area (Å²) in [5.74, 6) is 0.986. The van der Waals surface area contributed by atoms with Gasteiger partial charge in [0.2, 0.25) is 0 Å². The third-order valence-corrected chi connectivity index (χ3v) is 4.94. The lowest BCUT2D eigenvalue weighted by Gasteiger charge is -2.35. The molecule has 25 heavy (non-hydrogen) atoms. The van der Waals surface area contributed by atoms with Crippen molar-refractivity contribution in [1.29, 1.82) is 0 Å². The summed E-state index contributed by atoms with van der Waals surface area (Å²) < 4.78 is 1.83. The zero-order valence-electron chi connectivity index (χ0n) is 15.1. The van der Waals surface area contributed by atoms with E-state index in [2.05, 4.69) is 23.8 Å². The van der Waals surface area contributed by atoms with E-state index in [0.717, 1.165) is 18.5 Å². The maximum Gasteiger partial charge on any atom is 0.255 e. The number of aryl methyl sites for hydroxylation is 1. The van der Waals surface area contributed by atoms with E-state index in [1.165, 1.54) is 0 Å². The smallest absolute Gasteiger partial charge is 0.255 e. The lowest BCUT2D eigenvalue weighted by molar-refractivity contribution is 0.0358. The van der Waals surface area contributed by atoms with Crippen molar-refractivity contribution in [3.63, 3.8) is 0 Å². The van der Waals surface area contributed by atoms with E-state index < -0.39 is 6.10 Å². The molecular formula is C19H26N4O2. The minimum Gasteiger partial charge on any atom is -0.385 e. The van der Waals surface area contributed by atoms with Crippen LogP contribution in [0.5, 0.6) is 0 Å². The Hall–Kier alpha value is -2.21. The van der Waals surface area contributed by atoms with Gasteiger partial charge in [-0.05, 0) is 30.9 Å². The van der Waals surface area contributed by atoms with Crippen molar-refractivity contribution >= 4 is 5.91 Å². The molecule has 2 aromatic rings. The summed E-state index contributed by atoms with van der Waals surface area (Å²) >= 11 is 0. The predicted molar refractivity (Wildman–Crippen MR) is 95.1 cm³/mol. The van der Waals surface area contributed by atoms with Crippen LogP contribution in [0.25, 0.3) is 0 Å². The van der Waals surface area contributed by atoms with Crippen molar-refractivity contribution in [3.05, 3.63) is 47.8 Å². The zero-order valence-corrected chi connectivity index (χ0v) is 15.1. The molecule has 0 aliphatic carbocycles. The fourth-order valence-electron chi connectivity index (χ4n) is 3.38. The molecule has 1 aliphatic rings. The highest BCUT2D eigenvalue weighted by atomic mass is 16.3. The standard InChI is InChI=1S/C19H26N4O2/c1-13(2)16-7-6-14(11-21-16)19(25)23-9-4-5-15(12-23)17(24)18-20-8-10-22(18)3/h6-8,10-11,13,15,17,24H,4-5,9,12H2,1-3H3. The number of hydrogen-bond donors (Lipinski definition) is 1. The maximum atomic E-state index is 12.8. The van der Waals surface area contributed by atoms with Crippen LogP contribution in [0.3, 0.4) is 0 Å². The van der Waals surface area contributed by atoms with Gasteiger partial charge in [0, 0.05) is 50.3 Å². The van der Waals surface area contributed by atoms with Gasteiger partial charge in [0.25, 0.3) is 5.91 Å². The molecule has 1 saturated heterocycles. The first-order valence-corrected chi connectivity index (χ1v) is 8.88. The van der Waals surface area contributed by atoms with E-state index in [4.69, 9.17) is 0 Å². The van der Waals surface area contributed by atoms with Crippen LogP contribution < -0.4 is 0 Å². The van der Waals surface area contributed by atoms with Crippen molar-refractivity contribution in [1.82, 2.24) is 19.4 Å². The Balaban J connectivity index is 1.70. The van der Waals surface area contributed by atoms with Gasteiger partial charge in [-0.25, -0.2) is 4.98 Å². The molecule has 6 heteroatoms. The molecule has 3 heterocycles. The average Bonchev–Trinajstić information content (AvgIpc) is 3.06. The van der Waals surface area contributed by atoms with Gasteiger partial charge in [-0.15, -0.1) is 0 Å². The number of pyridine rings is 1. The molecule has 2 atom stereocenters. The van der Waals surface area contributed by atoms with Crippen molar-refractivity contribution in [2.24, 2.45) is 13.0 Å². The van der Waals surface area contributed by atoms with E-state index in [9.17, 15) is 9.90 Å². The van der Waals surface area contributed by atoms with E-state index in [1.807, 2.05) is 34.8 Å². The molecule has 2 aromatic heterocycles. The van der Waals surface area contributed by atoms with E-state index in [0.29, 0.717) is 30.4 Å². The van der Waals surface area contributed by atoms with Crippen LogP contribution >= 0.6 is 0 Å². The van der Waals surface area contributed by atoms with E-state index in [-0.39, 0.29) is 11.8 Å². The van der Waals surface area contributed by atoms with E-state index >= 15 is 0 Å². The lowest BCUT2D eigenvalue weighted by Crippen LogP contribution is -2.42. The van der Waals surface area contributed by atoms with Crippen LogP contribution in [0.15, 0.2) is 30.7 Å². The van der Waals surface area contributed by atoms with Gasteiger partial charge in [-0.1, -0.05) is 13.8 Å². The Morgan fingerprint density at radius 3 is 2.72 bits per heavy atom. The largest absolute Gasteiger partial charge is 0.385 e. The first-order valence-electron chi connectivity index (χ1n) is 8.88. The number of amides is 1. The van der Waals surface area contributed by atoms with Crippen LogP contribution in [-0.2, 0) is 7.05 Å². The second-order valence-corrected chi connectivity index (χ2v) is 7.12. The van der Waals surface area contributed by atoms with Gasteiger partial charge < -0.3 is 14.6 Å². The first-order chi connectivity index (χ1) is 12.0. The van der Waals surface area contributed by atoms with Gasteiger partial charge in [-0.3, -0.25) is 9.78 Å². The third kappa shape index (κ3) is 3.74. The van der Waals surface area contributed by atoms with Gasteiger partial charge in [0.05, 0.1) is 5.56 Å². The number of aliphatic hydroxyl groups is 1. The highest BCUT2D eigenvalue weighted by Gasteiger charge is 2.31. The van der Waals surface area contributed by atoms with Gasteiger partial charge >= 0.3 is 0 Å². The number of rotatable bonds is 4. The molecule has 0 radical (unpaired) electrons. The number of hydrogen-bond acceptors (Lipinski definition) is 4. The number of carbonyl (C=O) groups is 1. The number of aliphatic hydroxyl groups excluding tert-OH is 1. The summed E-state index contributed by atoms with van der Waals surface area (Å²) in [5.41, 5.74) is 1.59. The molecule has 1 aliphatic heterocycles. The van der Waals surface area contributed by atoms with Crippen molar-refractivity contribution in [2.45, 2.75) is 38.7 Å². The number of likely N-dealkylation sites (tertiary alicyclic amines) is 1. The molecule has 2 unspecified atom stereocenters. The normalized spacial score (nSPS) is 19.2. The number of piperidine rings is 1. The van der Waals surface area contributed by atoms with Gasteiger partial charge in [0.1, 0.15) is 11.9 Å². The van der Waals surface area contributed by atoms with Crippen LogP contribution in [0.2, 0.25) is 0 Å². The molecule has 0 saturated carbocycles. The number of imidazole rings is 1. The zero-order chi connectivity index (χ0) is 18.0. The Morgan fingerprint density at radius 2 is 2.12 bits per heavy atom. The lowest BCUT2D eigenvalue weighted by atomic mass is 9.91. The Kier molecular flexibility index (Phi) is 5.18. The molecule has 0 aromatic carbocycles. The Labute approximate surface area is 148 Å². The minimum atomic E-state index is -0.656. The summed E-state index contributed by atoms with van der Waals surface area (Å²) in [6.45, 7) is 5.42. The summed E-state index contributed by atoms with van der Waals surface area (Å²) in [6.07, 6.45) is 6.30. The van der Waals surface area contributed by atoms with Crippen molar-refractivity contribution in [2.75, 3.05) is 13.1 Å². The number of nitrogens with zero attached hydrogens (tertiary/aromatic N) is 4. The average molecular weight is 342 g/mol. The highest BCUT2D eigenvalue weighted by molar-refractivity contribution is 5.94. The highest BCUT2D eigenvalue weighted by Crippen LogP contribution is 2.29. The molecule has 0 spiro atoms. The van der Waals surface area contributed by atoms with E-state index in [1.54, 1.807) is 12.4 Å². The topological polar surface area (TPSA) is 71.2 Å².